The molecule has 1 rings (SSSR count). The van der Waals surface area contributed by atoms with E-state index in [1.807, 2.05) is 20.8 Å². The van der Waals surface area contributed by atoms with Gasteiger partial charge in [-0.3, -0.25) is 14.4 Å². The summed E-state index contributed by atoms with van der Waals surface area (Å²) in [6, 6.07) is 0.0196. The van der Waals surface area contributed by atoms with Crippen molar-refractivity contribution in [3.05, 3.63) is 29.3 Å². The molecule has 0 heterocycles. The zero-order valence-electron chi connectivity index (χ0n) is 27.1. The van der Waals surface area contributed by atoms with Gasteiger partial charge >= 0.3 is 11.9 Å². The van der Waals surface area contributed by atoms with Crippen molar-refractivity contribution in [3.63, 3.8) is 0 Å². The van der Waals surface area contributed by atoms with Crippen LogP contribution in [0.2, 0.25) is 0 Å². The molecule has 0 atom stereocenters. The molecule has 0 aliphatic carbocycles. The van der Waals surface area contributed by atoms with Crippen molar-refractivity contribution in [2.45, 2.75) is 123 Å². The molecular formula is C33H51F4NO7. The molecule has 0 unspecified atom stereocenters. The fourth-order valence-electron chi connectivity index (χ4n) is 4.35. The SMILES string of the molecule is CC(C)(C)OC(=O)CCCCCCCCCCCCCCC(=O)NCCOCCOCCC(=O)Oc1c(F)c(F)cc(F)c1F. The maximum absolute atomic E-state index is 13.5. The highest BCUT2D eigenvalue weighted by Gasteiger charge is 2.23. The van der Waals surface area contributed by atoms with E-state index in [-0.39, 0.29) is 44.4 Å². The first-order valence-corrected chi connectivity index (χ1v) is 16.1. The van der Waals surface area contributed by atoms with Crippen LogP contribution in [-0.2, 0) is 28.6 Å². The van der Waals surface area contributed by atoms with Gasteiger partial charge in [-0.1, -0.05) is 64.2 Å². The summed E-state index contributed by atoms with van der Waals surface area (Å²) >= 11 is 0. The Labute approximate surface area is 264 Å². The van der Waals surface area contributed by atoms with Crippen molar-refractivity contribution in [3.8, 4) is 5.75 Å². The van der Waals surface area contributed by atoms with E-state index < -0.39 is 47.0 Å². The Bertz CT molecular complexity index is 991. The van der Waals surface area contributed by atoms with Crippen molar-refractivity contribution in [2.75, 3.05) is 33.0 Å². The third-order valence-electron chi connectivity index (χ3n) is 6.63. The number of benzene rings is 1. The molecule has 45 heavy (non-hydrogen) atoms. The number of hydrogen-bond donors (Lipinski definition) is 1. The first kappa shape index (κ1) is 40.3. The van der Waals surface area contributed by atoms with Crippen molar-refractivity contribution >= 4 is 17.8 Å². The monoisotopic (exact) mass is 649 g/mol. The summed E-state index contributed by atoms with van der Waals surface area (Å²) in [5, 5.41) is 2.79. The van der Waals surface area contributed by atoms with Gasteiger partial charge in [-0.05, 0) is 33.6 Å². The third kappa shape index (κ3) is 20.8. The first-order chi connectivity index (χ1) is 21.4. The van der Waals surface area contributed by atoms with Crippen LogP contribution in [0.25, 0.3) is 0 Å². The van der Waals surface area contributed by atoms with Gasteiger partial charge in [-0.25, -0.2) is 8.78 Å². The summed E-state index contributed by atoms with van der Waals surface area (Å²) in [5.74, 6) is -9.61. The highest BCUT2D eigenvalue weighted by atomic mass is 19.2. The van der Waals surface area contributed by atoms with E-state index in [0.717, 1.165) is 38.5 Å². The molecule has 0 spiro atoms. The van der Waals surface area contributed by atoms with Crippen molar-refractivity contribution < 1.29 is 50.9 Å². The average molecular weight is 650 g/mol. The topological polar surface area (TPSA) is 100 Å². The van der Waals surface area contributed by atoms with Gasteiger partial charge in [0, 0.05) is 25.5 Å². The molecule has 1 N–H and O–H groups in total. The number of rotatable bonds is 25. The Morgan fingerprint density at radius 1 is 0.622 bits per heavy atom. The summed E-state index contributed by atoms with van der Waals surface area (Å²) in [6.45, 7) is 6.46. The van der Waals surface area contributed by atoms with Crippen LogP contribution in [-0.4, -0.2) is 56.4 Å². The van der Waals surface area contributed by atoms with Gasteiger partial charge in [0.25, 0.3) is 0 Å². The van der Waals surface area contributed by atoms with Gasteiger partial charge in [0.05, 0.1) is 32.8 Å². The molecule has 0 radical (unpaired) electrons. The van der Waals surface area contributed by atoms with E-state index in [1.54, 1.807) is 0 Å². The lowest BCUT2D eigenvalue weighted by atomic mass is 10.0. The van der Waals surface area contributed by atoms with E-state index in [9.17, 15) is 31.9 Å². The molecule has 12 heteroatoms. The lowest BCUT2D eigenvalue weighted by Crippen LogP contribution is -2.27. The molecule has 1 aromatic rings. The standard InChI is InChI=1S/C33H51F4NO7/c1-33(2,3)45-29(41)17-15-13-11-9-7-5-4-6-8-10-12-14-16-27(39)38-19-21-43-23-22-42-20-18-28(40)44-32-30(36)25(34)24-26(35)31(32)37/h24H,4-23H2,1-3H3,(H,38,39). The van der Waals surface area contributed by atoms with Crippen molar-refractivity contribution in [2.24, 2.45) is 0 Å². The van der Waals surface area contributed by atoms with Gasteiger partial charge in [0.2, 0.25) is 23.3 Å². The lowest BCUT2D eigenvalue weighted by molar-refractivity contribution is -0.155. The lowest BCUT2D eigenvalue weighted by Gasteiger charge is -2.19. The predicted octanol–water partition coefficient (Wildman–Crippen LogP) is 7.49. The van der Waals surface area contributed by atoms with Crippen LogP contribution in [0.15, 0.2) is 6.07 Å². The number of hydrogen-bond acceptors (Lipinski definition) is 7. The minimum atomic E-state index is -1.79. The molecule has 0 aliphatic heterocycles. The van der Waals surface area contributed by atoms with Gasteiger partial charge in [-0.2, -0.15) is 8.78 Å². The van der Waals surface area contributed by atoms with Gasteiger partial charge in [0.1, 0.15) is 5.60 Å². The number of carbonyl (C=O) groups excluding carboxylic acids is 3. The van der Waals surface area contributed by atoms with Crippen LogP contribution >= 0.6 is 0 Å². The summed E-state index contributed by atoms with van der Waals surface area (Å²) in [6.07, 6.45) is 14.0. The molecule has 0 bridgehead atoms. The molecule has 0 aromatic heterocycles. The number of carbonyl (C=O) groups is 3. The van der Waals surface area contributed by atoms with E-state index in [0.29, 0.717) is 19.4 Å². The fourth-order valence-corrected chi connectivity index (χ4v) is 4.35. The summed E-state index contributed by atoms with van der Waals surface area (Å²) < 4.78 is 73.5. The molecule has 0 aliphatic rings. The number of halogens is 4. The average Bonchev–Trinajstić information content (AvgIpc) is 2.96. The number of unbranched alkanes of at least 4 members (excludes halogenated alkanes) is 11. The van der Waals surface area contributed by atoms with Gasteiger partial charge in [-0.15, -0.1) is 0 Å². The zero-order chi connectivity index (χ0) is 33.5. The molecule has 0 saturated heterocycles. The Morgan fingerprint density at radius 2 is 1.09 bits per heavy atom. The molecule has 258 valence electrons. The van der Waals surface area contributed by atoms with E-state index >= 15 is 0 Å². The van der Waals surface area contributed by atoms with Crippen LogP contribution in [0.1, 0.15) is 117 Å². The molecule has 0 saturated carbocycles. The number of amides is 1. The Kier molecular flexibility index (Phi) is 21.1. The molecular weight excluding hydrogens is 598 g/mol. The quantitative estimate of drug-likeness (QED) is 0.0385. The minimum absolute atomic E-state index is 0.0196. The van der Waals surface area contributed by atoms with Crippen LogP contribution in [0.5, 0.6) is 5.75 Å². The smallest absolute Gasteiger partial charge is 0.313 e. The Morgan fingerprint density at radius 3 is 1.60 bits per heavy atom. The Balaban J connectivity index is 1.86. The van der Waals surface area contributed by atoms with Crippen LogP contribution in [0.4, 0.5) is 17.6 Å². The largest absolute Gasteiger partial charge is 0.460 e. The fraction of sp³-hybridized carbons (Fsp3) is 0.727. The molecule has 1 amide bonds. The van der Waals surface area contributed by atoms with Gasteiger partial charge < -0.3 is 24.3 Å². The van der Waals surface area contributed by atoms with Crippen LogP contribution in [0.3, 0.4) is 0 Å². The maximum Gasteiger partial charge on any atom is 0.313 e. The second kappa shape index (κ2) is 23.6. The van der Waals surface area contributed by atoms with E-state index in [4.69, 9.17) is 14.2 Å². The number of esters is 2. The predicted molar refractivity (Wildman–Crippen MR) is 162 cm³/mol. The Hall–Kier alpha value is -2.73. The summed E-state index contributed by atoms with van der Waals surface area (Å²) in [4.78, 5) is 35.3. The normalized spacial score (nSPS) is 11.4. The van der Waals surface area contributed by atoms with Crippen molar-refractivity contribution in [1.82, 2.24) is 5.32 Å². The highest BCUT2D eigenvalue weighted by molar-refractivity contribution is 5.75. The van der Waals surface area contributed by atoms with E-state index in [2.05, 4.69) is 10.1 Å². The van der Waals surface area contributed by atoms with Gasteiger partial charge in [0.15, 0.2) is 11.6 Å². The molecule has 0 fully saturated rings. The van der Waals surface area contributed by atoms with Crippen LogP contribution < -0.4 is 10.1 Å². The summed E-state index contributed by atoms with van der Waals surface area (Å²) in [5.41, 5.74) is -0.408. The maximum atomic E-state index is 13.5. The number of nitrogens with one attached hydrogen (secondary N) is 1. The molecule has 8 nitrogen and oxygen atoms in total. The first-order valence-electron chi connectivity index (χ1n) is 16.1. The summed E-state index contributed by atoms with van der Waals surface area (Å²) in [7, 11) is 0. The second-order valence-electron chi connectivity index (χ2n) is 11.9. The minimum Gasteiger partial charge on any atom is -0.460 e. The van der Waals surface area contributed by atoms with E-state index in [1.165, 1.54) is 38.5 Å². The van der Waals surface area contributed by atoms with Crippen LogP contribution in [0, 0.1) is 23.3 Å². The zero-order valence-corrected chi connectivity index (χ0v) is 27.1. The number of ether oxygens (including phenoxy) is 4. The highest BCUT2D eigenvalue weighted by Crippen LogP contribution is 2.26. The molecule has 1 aromatic carbocycles. The van der Waals surface area contributed by atoms with Crippen molar-refractivity contribution in [1.29, 1.82) is 0 Å². The third-order valence-corrected chi connectivity index (χ3v) is 6.63. The second-order valence-corrected chi connectivity index (χ2v) is 11.9.